The Morgan fingerprint density at radius 2 is 1.67 bits per heavy atom. The molecule has 1 aliphatic heterocycles. The van der Waals surface area contributed by atoms with Crippen molar-refractivity contribution in [1.82, 2.24) is 0 Å². The van der Waals surface area contributed by atoms with Crippen LogP contribution >= 0.6 is 0 Å². The number of rotatable bonds is 2. The van der Waals surface area contributed by atoms with Gasteiger partial charge in [-0.1, -0.05) is 45.2 Å². The normalized spacial score (nSPS) is 24.0. The predicted octanol–water partition coefficient (Wildman–Crippen LogP) is 2.56. The van der Waals surface area contributed by atoms with Gasteiger partial charge in [0.25, 0.3) is 0 Å². The van der Waals surface area contributed by atoms with E-state index < -0.39 is 8.80 Å². The molecule has 1 atom stereocenters. The van der Waals surface area contributed by atoms with Gasteiger partial charge in [-0.2, -0.15) is 0 Å². The van der Waals surface area contributed by atoms with Crippen molar-refractivity contribution in [3.8, 4) is 0 Å². The Balaban J connectivity index is 2.53. The molecule has 0 spiro atoms. The number of hydrogen-bond donors (Lipinski definition) is 1. The summed E-state index contributed by atoms with van der Waals surface area (Å²) < 4.78 is 0. The third-order valence-electron chi connectivity index (χ3n) is 3.73. The highest BCUT2D eigenvalue weighted by atomic mass is 28.3. The number of aliphatic hydroxyl groups is 1. The fourth-order valence-corrected chi connectivity index (χ4v) is 6.21. The Morgan fingerprint density at radius 3 is 2.08 bits per heavy atom. The van der Waals surface area contributed by atoms with Crippen molar-refractivity contribution in [3.05, 3.63) is 0 Å². The largest absolute Gasteiger partial charge is 0.393 e. The van der Waals surface area contributed by atoms with Crippen LogP contribution in [0, 0.1) is 0 Å². The zero-order valence-corrected chi connectivity index (χ0v) is 9.79. The molecule has 1 rings (SSSR count). The Kier molecular flexibility index (Phi) is 3.35. The van der Waals surface area contributed by atoms with Crippen LogP contribution in [0.25, 0.3) is 0 Å². The minimum absolute atomic E-state index is 0.104. The van der Waals surface area contributed by atoms with E-state index in [1.165, 1.54) is 31.4 Å². The van der Waals surface area contributed by atoms with Crippen molar-refractivity contribution in [2.75, 3.05) is 0 Å². The van der Waals surface area contributed by atoms with Crippen molar-refractivity contribution in [2.45, 2.75) is 63.3 Å². The molecule has 72 valence electrons. The summed E-state index contributed by atoms with van der Waals surface area (Å²) in [4.78, 5) is 0. The molecule has 12 heavy (non-hydrogen) atoms. The van der Waals surface area contributed by atoms with E-state index in [1.54, 1.807) is 0 Å². The highest BCUT2D eigenvalue weighted by Crippen LogP contribution is 2.40. The lowest BCUT2D eigenvalue weighted by Gasteiger charge is -2.38. The third kappa shape index (κ3) is 2.11. The van der Waals surface area contributed by atoms with Crippen LogP contribution in [0.4, 0.5) is 0 Å². The van der Waals surface area contributed by atoms with Gasteiger partial charge in [-0.25, -0.2) is 0 Å². The molecule has 1 nitrogen and oxygen atoms in total. The third-order valence-corrected chi connectivity index (χ3v) is 8.53. The van der Waals surface area contributed by atoms with E-state index in [4.69, 9.17) is 0 Å². The first-order chi connectivity index (χ1) is 5.55. The van der Waals surface area contributed by atoms with Crippen molar-refractivity contribution >= 4 is 8.80 Å². The van der Waals surface area contributed by atoms with Crippen LogP contribution < -0.4 is 0 Å². The second-order valence-electron chi connectivity index (χ2n) is 4.83. The molecular formula is C10H22OSi. The molecule has 1 N–H and O–H groups in total. The summed E-state index contributed by atoms with van der Waals surface area (Å²) in [6.45, 7) is 6.49. The minimum atomic E-state index is -0.643. The lowest BCUT2D eigenvalue weighted by atomic mass is 10.1. The second kappa shape index (κ2) is 3.92. The zero-order valence-electron chi connectivity index (χ0n) is 8.64. The average molecular weight is 186 g/mol. The summed E-state index contributed by atoms with van der Waals surface area (Å²) in [5.41, 5.74) is 0. The van der Waals surface area contributed by atoms with Crippen LogP contribution in [0.5, 0.6) is 0 Å². The molecule has 1 fully saturated rings. The maximum Gasteiger partial charge on any atom is 0.0536 e. The maximum atomic E-state index is 9.67. The molecule has 2 heteroatoms. The second-order valence-corrected chi connectivity index (χ2v) is 8.87. The lowest BCUT2D eigenvalue weighted by Crippen LogP contribution is -2.37. The van der Waals surface area contributed by atoms with Gasteiger partial charge in [-0.05, 0) is 12.0 Å². The fourth-order valence-electron chi connectivity index (χ4n) is 2.19. The molecule has 0 aromatic carbocycles. The summed E-state index contributed by atoms with van der Waals surface area (Å²) in [5.74, 6) is 0. The molecule has 0 aromatic heterocycles. The molecule has 1 saturated heterocycles. The first-order valence-electron chi connectivity index (χ1n) is 5.23. The first kappa shape index (κ1) is 10.3. The molecule has 0 amide bonds. The molecule has 0 bridgehead atoms. The Morgan fingerprint density at radius 1 is 1.17 bits per heavy atom. The van der Waals surface area contributed by atoms with Crippen LogP contribution in [0.1, 0.15) is 40.0 Å². The monoisotopic (exact) mass is 186 g/mol. The van der Waals surface area contributed by atoms with E-state index in [1.807, 2.05) is 6.92 Å². The molecule has 0 unspecified atom stereocenters. The first-order valence-corrected chi connectivity index (χ1v) is 7.44. The molecule has 1 heterocycles. The quantitative estimate of drug-likeness (QED) is 0.657. The highest BCUT2D eigenvalue weighted by molar-refractivity contribution is 6.62. The molecule has 0 aliphatic carbocycles. The van der Waals surface area contributed by atoms with Crippen molar-refractivity contribution in [3.63, 3.8) is 0 Å². The fraction of sp³-hybridized carbons (Fsp3) is 1.00. The Bertz CT molecular complexity index is 137. The van der Waals surface area contributed by atoms with Crippen molar-refractivity contribution < 1.29 is 5.11 Å². The summed E-state index contributed by atoms with van der Waals surface area (Å²) in [6.07, 6.45) is 4.17. The van der Waals surface area contributed by atoms with E-state index in [-0.39, 0.29) is 11.1 Å². The molecular weight excluding hydrogens is 164 g/mol. The summed E-state index contributed by atoms with van der Waals surface area (Å²) >= 11 is 0. The van der Waals surface area contributed by atoms with Gasteiger partial charge in [0.1, 0.15) is 0 Å². The van der Waals surface area contributed by atoms with E-state index >= 15 is 0 Å². The molecule has 1 aliphatic rings. The van der Waals surface area contributed by atoms with Crippen LogP contribution in [-0.4, -0.2) is 20.0 Å². The van der Waals surface area contributed by atoms with Gasteiger partial charge in [0, 0.05) is 8.80 Å². The summed E-state index contributed by atoms with van der Waals surface area (Å²) in [5, 5.41) is 9.93. The van der Waals surface area contributed by atoms with Gasteiger partial charge in [0.15, 0.2) is 0 Å². The highest BCUT2D eigenvalue weighted by Gasteiger charge is 2.35. The van der Waals surface area contributed by atoms with Gasteiger partial charge in [0.2, 0.25) is 0 Å². The van der Waals surface area contributed by atoms with Gasteiger partial charge in [0.05, 0.1) is 6.10 Å². The number of aliphatic hydroxyl groups excluding tert-OH is 1. The van der Waals surface area contributed by atoms with Crippen LogP contribution in [0.2, 0.25) is 17.1 Å². The van der Waals surface area contributed by atoms with Crippen molar-refractivity contribution in [2.24, 2.45) is 0 Å². The van der Waals surface area contributed by atoms with Crippen molar-refractivity contribution in [1.29, 1.82) is 0 Å². The minimum Gasteiger partial charge on any atom is -0.393 e. The van der Waals surface area contributed by atoms with E-state index in [0.29, 0.717) is 0 Å². The van der Waals surface area contributed by atoms with Gasteiger partial charge in [-0.3, -0.25) is 0 Å². The van der Waals surface area contributed by atoms with Crippen LogP contribution in [0.15, 0.2) is 0 Å². The van der Waals surface area contributed by atoms with Gasteiger partial charge < -0.3 is 5.11 Å². The Labute approximate surface area is 77.8 Å². The summed E-state index contributed by atoms with van der Waals surface area (Å²) in [6, 6.07) is 2.91. The van der Waals surface area contributed by atoms with E-state index in [2.05, 4.69) is 13.8 Å². The molecule has 0 radical (unpaired) electrons. The summed E-state index contributed by atoms with van der Waals surface area (Å²) in [7, 11) is -0.643. The predicted molar refractivity (Wildman–Crippen MR) is 56.3 cm³/mol. The van der Waals surface area contributed by atoms with Gasteiger partial charge in [-0.15, -0.1) is 0 Å². The SMILES string of the molecule is C[C@@H](O)C(C)(C)[SiH]1CCCCC1. The van der Waals surface area contributed by atoms with Gasteiger partial charge >= 0.3 is 0 Å². The van der Waals surface area contributed by atoms with Crippen LogP contribution in [0.3, 0.4) is 0 Å². The van der Waals surface area contributed by atoms with E-state index in [0.717, 1.165) is 0 Å². The zero-order chi connectivity index (χ0) is 9.19. The molecule has 0 saturated carbocycles. The Hall–Kier alpha value is 0.177. The van der Waals surface area contributed by atoms with E-state index in [9.17, 15) is 5.11 Å². The molecule has 0 aromatic rings. The maximum absolute atomic E-state index is 9.67. The lowest BCUT2D eigenvalue weighted by molar-refractivity contribution is 0.149. The number of hydrogen-bond acceptors (Lipinski definition) is 1. The average Bonchev–Trinajstić information content (AvgIpc) is 2.06. The standard InChI is InChI=1S/C10H22OSi/c1-9(11)10(2,3)12-7-5-4-6-8-12/h9,11-12H,4-8H2,1-3H3/t9-/m1/s1. The van der Waals surface area contributed by atoms with Crippen LogP contribution in [-0.2, 0) is 0 Å². The smallest absolute Gasteiger partial charge is 0.0536 e. The topological polar surface area (TPSA) is 20.2 Å².